The smallest absolute Gasteiger partial charge is 0.309 e. The zero-order valence-corrected chi connectivity index (χ0v) is 18.3. The number of carbonyl (C=O) groups is 1. The number of para-hydroxylation sites is 1. The highest BCUT2D eigenvalue weighted by Gasteiger charge is 2.49. The molecule has 0 radical (unpaired) electrons. The van der Waals surface area contributed by atoms with E-state index < -0.39 is 11.4 Å². The third kappa shape index (κ3) is 5.61. The number of hydrogen-bond acceptors (Lipinski definition) is 4. The second-order valence-electron chi connectivity index (χ2n) is 8.30. The molecule has 166 valence electrons. The summed E-state index contributed by atoms with van der Waals surface area (Å²) in [7, 11) is 0. The van der Waals surface area contributed by atoms with Gasteiger partial charge in [-0.1, -0.05) is 30.3 Å². The molecule has 0 spiro atoms. The average molecular weight is 433 g/mol. The van der Waals surface area contributed by atoms with Gasteiger partial charge in [-0.05, 0) is 79.8 Å². The maximum atomic E-state index is 11.4. The van der Waals surface area contributed by atoms with Crippen molar-refractivity contribution in [1.82, 2.24) is 0 Å². The second-order valence-corrected chi connectivity index (χ2v) is 8.30. The van der Waals surface area contributed by atoms with Crippen molar-refractivity contribution in [2.45, 2.75) is 32.6 Å². The van der Waals surface area contributed by atoms with Crippen molar-refractivity contribution in [2.24, 2.45) is 5.41 Å². The first kappa shape index (κ1) is 21.8. The molecular formula is C27H28O5. The van der Waals surface area contributed by atoms with Gasteiger partial charge in [-0.25, -0.2) is 0 Å². The number of ether oxygens (including phenoxy) is 3. The average Bonchev–Trinajstić information content (AvgIpc) is 3.58. The van der Waals surface area contributed by atoms with E-state index in [0.29, 0.717) is 19.6 Å². The largest absolute Gasteiger partial charge is 0.493 e. The molecule has 4 rings (SSSR count). The molecule has 0 bridgehead atoms. The Kier molecular flexibility index (Phi) is 6.64. The first-order valence-corrected chi connectivity index (χ1v) is 11.0. The van der Waals surface area contributed by atoms with Crippen LogP contribution in [0.3, 0.4) is 0 Å². The number of aryl methyl sites for hydroxylation is 1. The van der Waals surface area contributed by atoms with E-state index in [2.05, 4.69) is 0 Å². The normalized spacial score (nSPS) is 13.9. The molecule has 5 nitrogen and oxygen atoms in total. The zero-order valence-electron chi connectivity index (χ0n) is 18.3. The number of carboxylic acid groups (broad SMARTS) is 1. The summed E-state index contributed by atoms with van der Waals surface area (Å²) in [5.74, 6) is 2.50. The summed E-state index contributed by atoms with van der Waals surface area (Å²) in [6.07, 6.45) is 2.88. The lowest BCUT2D eigenvalue weighted by molar-refractivity contribution is -0.143. The fourth-order valence-electron chi connectivity index (χ4n) is 3.65. The summed E-state index contributed by atoms with van der Waals surface area (Å²) in [4.78, 5) is 11.4. The van der Waals surface area contributed by atoms with Crippen molar-refractivity contribution in [3.8, 4) is 23.0 Å². The van der Waals surface area contributed by atoms with E-state index in [0.717, 1.165) is 53.4 Å². The van der Waals surface area contributed by atoms with Crippen LogP contribution in [0, 0.1) is 12.3 Å². The molecule has 1 aliphatic carbocycles. The molecule has 1 aliphatic rings. The lowest BCUT2D eigenvalue weighted by atomic mass is 9.95. The van der Waals surface area contributed by atoms with Gasteiger partial charge in [0.1, 0.15) is 23.0 Å². The van der Waals surface area contributed by atoms with Gasteiger partial charge >= 0.3 is 5.97 Å². The predicted molar refractivity (Wildman–Crippen MR) is 123 cm³/mol. The highest BCUT2D eigenvalue weighted by molar-refractivity contribution is 5.78. The molecular weight excluding hydrogens is 404 g/mol. The monoisotopic (exact) mass is 432 g/mol. The molecule has 0 saturated heterocycles. The van der Waals surface area contributed by atoms with Gasteiger partial charge in [0.2, 0.25) is 0 Å². The number of benzene rings is 3. The van der Waals surface area contributed by atoms with Gasteiger partial charge in [-0.3, -0.25) is 4.79 Å². The Labute approximate surface area is 188 Å². The molecule has 0 amide bonds. The molecule has 0 aromatic heterocycles. The van der Waals surface area contributed by atoms with E-state index in [4.69, 9.17) is 14.2 Å². The van der Waals surface area contributed by atoms with Crippen LogP contribution >= 0.6 is 0 Å². The van der Waals surface area contributed by atoms with Crippen LogP contribution < -0.4 is 14.2 Å². The molecule has 3 aromatic rings. The molecule has 3 aromatic carbocycles. The third-order valence-corrected chi connectivity index (χ3v) is 5.71. The van der Waals surface area contributed by atoms with Gasteiger partial charge in [-0.15, -0.1) is 0 Å². The predicted octanol–water partition coefficient (Wildman–Crippen LogP) is 6.04. The Bertz CT molecular complexity index is 1040. The molecule has 0 aliphatic heterocycles. The molecule has 1 saturated carbocycles. The summed E-state index contributed by atoms with van der Waals surface area (Å²) in [6.45, 7) is 3.10. The van der Waals surface area contributed by atoms with E-state index in [1.165, 1.54) is 0 Å². The van der Waals surface area contributed by atoms with E-state index in [9.17, 15) is 9.90 Å². The van der Waals surface area contributed by atoms with Gasteiger partial charge in [-0.2, -0.15) is 0 Å². The standard InChI is InChI=1S/C27H28O5/c1-20-18-21(19-27(14-15-27)26(28)29)8-13-25(20)31-17-5-16-30-22-9-11-24(12-10-22)32-23-6-3-2-4-7-23/h2-4,6-13,18H,5,14-17,19H2,1H3,(H,28,29). The summed E-state index contributed by atoms with van der Waals surface area (Å²) < 4.78 is 17.5. The van der Waals surface area contributed by atoms with Crippen LogP contribution in [0.15, 0.2) is 72.8 Å². The Morgan fingerprint density at radius 3 is 2.19 bits per heavy atom. The van der Waals surface area contributed by atoms with Crippen molar-refractivity contribution in [3.63, 3.8) is 0 Å². The molecule has 32 heavy (non-hydrogen) atoms. The minimum atomic E-state index is -0.686. The van der Waals surface area contributed by atoms with Gasteiger partial charge < -0.3 is 19.3 Å². The molecule has 0 heterocycles. The summed E-state index contributed by atoms with van der Waals surface area (Å²) in [5.41, 5.74) is 1.54. The van der Waals surface area contributed by atoms with Crippen molar-refractivity contribution in [2.75, 3.05) is 13.2 Å². The topological polar surface area (TPSA) is 65.0 Å². The molecule has 0 atom stereocenters. The fourth-order valence-corrected chi connectivity index (χ4v) is 3.65. The minimum Gasteiger partial charge on any atom is -0.493 e. The SMILES string of the molecule is Cc1cc(CC2(C(=O)O)CC2)ccc1OCCCOc1ccc(Oc2ccccc2)cc1. The summed E-state index contributed by atoms with van der Waals surface area (Å²) in [5, 5.41) is 9.37. The van der Waals surface area contributed by atoms with Gasteiger partial charge in [0.15, 0.2) is 0 Å². The van der Waals surface area contributed by atoms with Crippen molar-refractivity contribution >= 4 is 5.97 Å². The first-order valence-electron chi connectivity index (χ1n) is 11.0. The van der Waals surface area contributed by atoms with Crippen LogP contribution in [0.4, 0.5) is 0 Å². The van der Waals surface area contributed by atoms with Crippen molar-refractivity contribution in [1.29, 1.82) is 0 Å². The fraction of sp³-hybridized carbons (Fsp3) is 0.296. The third-order valence-electron chi connectivity index (χ3n) is 5.71. The highest BCUT2D eigenvalue weighted by Crippen LogP contribution is 2.48. The van der Waals surface area contributed by atoms with Crippen LogP contribution in [0.25, 0.3) is 0 Å². The van der Waals surface area contributed by atoms with E-state index in [-0.39, 0.29) is 0 Å². The Morgan fingerprint density at radius 2 is 1.53 bits per heavy atom. The number of aliphatic carboxylic acids is 1. The van der Waals surface area contributed by atoms with E-state index in [1.54, 1.807) is 0 Å². The Morgan fingerprint density at radius 1 is 0.875 bits per heavy atom. The Balaban J connectivity index is 1.18. The number of carboxylic acids is 1. The quantitative estimate of drug-likeness (QED) is 0.374. The van der Waals surface area contributed by atoms with E-state index >= 15 is 0 Å². The maximum Gasteiger partial charge on any atom is 0.309 e. The van der Waals surface area contributed by atoms with Gasteiger partial charge in [0, 0.05) is 6.42 Å². The van der Waals surface area contributed by atoms with Crippen LogP contribution in [0.5, 0.6) is 23.0 Å². The van der Waals surface area contributed by atoms with Gasteiger partial charge in [0.05, 0.1) is 18.6 Å². The summed E-state index contributed by atoms with van der Waals surface area (Å²) in [6, 6.07) is 23.2. The molecule has 0 unspecified atom stereocenters. The van der Waals surface area contributed by atoms with Gasteiger partial charge in [0.25, 0.3) is 0 Å². The van der Waals surface area contributed by atoms with Crippen LogP contribution in [-0.4, -0.2) is 24.3 Å². The van der Waals surface area contributed by atoms with E-state index in [1.807, 2.05) is 79.7 Å². The number of hydrogen-bond donors (Lipinski definition) is 1. The Hall–Kier alpha value is -3.47. The molecule has 1 N–H and O–H groups in total. The van der Waals surface area contributed by atoms with Crippen LogP contribution in [-0.2, 0) is 11.2 Å². The minimum absolute atomic E-state index is 0.544. The van der Waals surface area contributed by atoms with Crippen LogP contribution in [0.2, 0.25) is 0 Å². The first-order chi connectivity index (χ1) is 15.5. The number of rotatable bonds is 11. The lowest BCUT2D eigenvalue weighted by Crippen LogP contribution is -2.17. The van der Waals surface area contributed by atoms with Crippen LogP contribution in [0.1, 0.15) is 30.4 Å². The van der Waals surface area contributed by atoms with Crippen molar-refractivity contribution in [3.05, 3.63) is 83.9 Å². The molecule has 1 fully saturated rings. The lowest BCUT2D eigenvalue weighted by Gasteiger charge is -2.13. The summed E-state index contributed by atoms with van der Waals surface area (Å²) >= 11 is 0. The molecule has 5 heteroatoms. The second kappa shape index (κ2) is 9.77. The maximum absolute atomic E-state index is 11.4. The zero-order chi connectivity index (χ0) is 22.4. The highest BCUT2D eigenvalue weighted by atomic mass is 16.5. The van der Waals surface area contributed by atoms with Crippen molar-refractivity contribution < 1.29 is 24.1 Å².